The number of aryl methyl sites for hydroxylation is 2. The van der Waals surface area contributed by atoms with Crippen LogP contribution in [0.4, 0.5) is 0 Å². The Morgan fingerprint density at radius 1 is 0.808 bits per heavy atom. The summed E-state index contributed by atoms with van der Waals surface area (Å²) in [5, 5.41) is 0. The fourth-order valence-corrected chi connectivity index (χ4v) is 6.16. The van der Waals surface area contributed by atoms with Gasteiger partial charge in [-0.2, -0.15) is 0 Å². The molecule has 1 heteroatoms. The number of rotatable bonds is 2. The number of benzene rings is 2. The fraction of sp³-hybridized carbons (Fsp3) is 0.360. The van der Waals surface area contributed by atoms with Gasteiger partial charge in [0, 0.05) is 16.3 Å². The van der Waals surface area contributed by atoms with E-state index in [1.165, 1.54) is 49.0 Å². The van der Waals surface area contributed by atoms with Gasteiger partial charge in [0.05, 0.1) is 0 Å². The monoisotopic (exact) mass is 406 g/mol. The lowest BCUT2D eigenvalue weighted by molar-refractivity contribution is 0.275. The van der Waals surface area contributed by atoms with Crippen molar-refractivity contribution in [3.05, 3.63) is 79.3 Å². The van der Waals surface area contributed by atoms with Crippen molar-refractivity contribution < 1.29 is 0 Å². The lowest BCUT2D eigenvalue weighted by Crippen LogP contribution is -2.29. The first-order valence-electron chi connectivity index (χ1n) is 9.47. The minimum atomic E-state index is 0.110. The van der Waals surface area contributed by atoms with Gasteiger partial charge in [0.15, 0.2) is 0 Å². The van der Waals surface area contributed by atoms with Crippen LogP contribution in [0.5, 0.6) is 0 Å². The van der Waals surface area contributed by atoms with E-state index in [1.807, 2.05) is 0 Å². The molecule has 2 aromatic carbocycles. The third kappa shape index (κ3) is 2.47. The minimum absolute atomic E-state index is 0.110. The molecule has 0 saturated heterocycles. The molecule has 134 valence electrons. The topological polar surface area (TPSA) is 0 Å². The largest absolute Gasteiger partial charge is 0.0646 e. The van der Waals surface area contributed by atoms with Crippen molar-refractivity contribution in [3.8, 4) is 0 Å². The summed E-state index contributed by atoms with van der Waals surface area (Å²) in [7, 11) is 0. The highest BCUT2D eigenvalue weighted by Gasteiger charge is 2.45. The molecule has 2 aliphatic rings. The molecule has 4 rings (SSSR count). The first kappa shape index (κ1) is 17.8. The van der Waals surface area contributed by atoms with Crippen molar-refractivity contribution in [1.82, 2.24) is 0 Å². The van der Waals surface area contributed by atoms with Crippen LogP contribution in [-0.4, -0.2) is 0 Å². The van der Waals surface area contributed by atoms with Gasteiger partial charge in [-0.25, -0.2) is 0 Å². The van der Waals surface area contributed by atoms with E-state index in [9.17, 15) is 0 Å². The summed E-state index contributed by atoms with van der Waals surface area (Å²) in [5.41, 5.74) is 11.6. The summed E-state index contributed by atoms with van der Waals surface area (Å²) in [6, 6.07) is 11.4. The summed E-state index contributed by atoms with van der Waals surface area (Å²) in [6.45, 7) is 14.0. The lowest BCUT2D eigenvalue weighted by atomic mass is 9.62. The summed E-state index contributed by atoms with van der Waals surface area (Å²) < 4.78 is 1.21. The predicted molar refractivity (Wildman–Crippen MR) is 117 cm³/mol. The average molecular weight is 407 g/mol. The molecule has 2 aromatic rings. The third-order valence-electron chi connectivity index (χ3n) is 6.41. The highest BCUT2D eigenvalue weighted by atomic mass is 79.9. The molecule has 2 unspecified atom stereocenters. The zero-order valence-electron chi connectivity index (χ0n) is 16.6. The quantitative estimate of drug-likeness (QED) is 0.477. The Morgan fingerprint density at radius 3 is 2.12 bits per heavy atom. The van der Waals surface area contributed by atoms with Crippen LogP contribution in [0.3, 0.4) is 0 Å². The van der Waals surface area contributed by atoms with Gasteiger partial charge in [0.25, 0.3) is 0 Å². The molecule has 0 radical (unpaired) electrons. The Labute approximate surface area is 166 Å². The van der Waals surface area contributed by atoms with Crippen molar-refractivity contribution in [1.29, 1.82) is 0 Å². The van der Waals surface area contributed by atoms with Crippen LogP contribution in [0.15, 0.2) is 46.0 Å². The van der Waals surface area contributed by atoms with Gasteiger partial charge in [0.1, 0.15) is 0 Å². The zero-order valence-corrected chi connectivity index (χ0v) is 18.2. The Morgan fingerprint density at radius 2 is 1.42 bits per heavy atom. The third-order valence-corrected chi connectivity index (χ3v) is 7.11. The molecule has 0 amide bonds. The Kier molecular flexibility index (Phi) is 4.08. The second-order valence-electron chi connectivity index (χ2n) is 8.79. The molecule has 0 bridgehead atoms. The van der Waals surface area contributed by atoms with Crippen LogP contribution < -0.4 is 0 Å². The molecule has 0 spiro atoms. The second kappa shape index (κ2) is 5.96. The molecular weight excluding hydrogens is 380 g/mol. The van der Waals surface area contributed by atoms with Crippen molar-refractivity contribution in [2.45, 2.75) is 53.4 Å². The normalized spacial score (nSPS) is 21.3. The predicted octanol–water partition coefficient (Wildman–Crippen LogP) is 7.79. The maximum atomic E-state index is 3.75. The Hall–Kier alpha value is -1.60. The summed E-state index contributed by atoms with van der Waals surface area (Å²) in [5.74, 6) is 0.893. The molecular formula is C25H27Br. The Bertz CT molecular complexity index is 972. The lowest BCUT2D eigenvalue weighted by Gasteiger charge is -2.41. The molecule has 0 fully saturated rings. The van der Waals surface area contributed by atoms with Crippen molar-refractivity contribution in [3.63, 3.8) is 0 Å². The SMILES string of the molecule is CC1=Cc2c(C)cc(C)cc2C1C(C)(C)C1C(C)=Cc2c(Br)cccc21. The van der Waals surface area contributed by atoms with Crippen LogP contribution in [-0.2, 0) is 0 Å². The summed E-state index contributed by atoms with van der Waals surface area (Å²) in [4.78, 5) is 0. The first-order chi connectivity index (χ1) is 12.2. The van der Waals surface area contributed by atoms with Crippen LogP contribution >= 0.6 is 15.9 Å². The van der Waals surface area contributed by atoms with E-state index < -0.39 is 0 Å². The molecule has 0 N–H and O–H groups in total. The van der Waals surface area contributed by atoms with E-state index in [2.05, 4.69) is 100.0 Å². The van der Waals surface area contributed by atoms with Crippen LogP contribution in [0, 0.1) is 19.3 Å². The Balaban J connectivity index is 1.87. The molecule has 26 heavy (non-hydrogen) atoms. The molecule has 0 aliphatic heterocycles. The number of allylic oxidation sites excluding steroid dienone is 2. The summed E-state index contributed by atoms with van der Waals surface area (Å²) in [6.07, 6.45) is 4.80. The van der Waals surface area contributed by atoms with E-state index in [1.54, 1.807) is 0 Å². The smallest absolute Gasteiger partial charge is 0.0250 e. The maximum Gasteiger partial charge on any atom is 0.0250 e. The van der Waals surface area contributed by atoms with Gasteiger partial charge in [-0.3, -0.25) is 0 Å². The molecule has 0 saturated carbocycles. The molecule has 0 heterocycles. The molecule has 0 aromatic heterocycles. The van der Waals surface area contributed by atoms with Gasteiger partial charge >= 0.3 is 0 Å². The van der Waals surface area contributed by atoms with Crippen LogP contribution in [0.1, 0.15) is 72.9 Å². The van der Waals surface area contributed by atoms with Crippen LogP contribution in [0.2, 0.25) is 0 Å². The van der Waals surface area contributed by atoms with Crippen molar-refractivity contribution in [2.75, 3.05) is 0 Å². The van der Waals surface area contributed by atoms with Gasteiger partial charge in [0.2, 0.25) is 0 Å². The zero-order chi connectivity index (χ0) is 18.8. The second-order valence-corrected chi connectivity index (χ2v) is 9.65. The number of hydrogen-bond acceptors (Lipinski definition) is 0. The van der Waals surface area contributed by atoms with E-state index in [0.717, 1.165) is 0 Å². The maximum absolute atomic E-state index is 3.75. The first-order valence-corrected chi connectivity index (χ1v) is 10.3. The summed E-state index contributed by atoms with van der Waals surface area (Å²) >= 11 is 3.75. The number of hydrogen-bond donors (Lipinski definition) is 0. The van der Waals surface area contributed by atoms with E-state index in [-0.39, 0.29) is 5.41 Å². The van der Waals surface area contributed by atoms with E-state index in [4.69, 9.17) is 0 Å². The standard InChI is InChI=1S/C25H27Br/c1-14-10-15(2)19-12-16(3)24(21(19)11-14)25(5,6)23-17(4)13-20-18(23)8-7-9-22(20)26/h7-13,23-24H,1-6H3. The molecule has 2 aliphatic carbocycles. The molecule has 2 atom stereocenters. The highest BCUT2D eigenvalue weighted by Crippen LogP contribution is 2.58. The van der Waals surface area contributed by atoms with Crippen LogP contribution in [0.25, 0.3) is 12.2 Å². The van der Waals surface area contributed by atoms with Gasteiger partial charge in [-0.15, -0.1) is 0 Å². The van der Waals surface area contributed by atoms with Crippen molar-refractivity contribution >= 4 is 28.1 Å². The minimum Gasteiger partial charge on any atom is -0.0646 e. The van der Waals surface area contributed by atoms with Gasteiger partial charge in [-0.1, -0.05) is 82.9 Å². The van der Waals surface area contributed by atoms with Gasteiger partial charge < -0.3 is 0 Å². The number of fused-ring (bicyclic) bond motifs is 2. The average Bonchev–Trinajstić information content (AvgIpc) is 3.05. The van der Waals surface area contributed by atoms with E-state index >= 15 is 0 Å². The van der Waals surface area contributed by atoms with E-state index in [0.29, 0.717) is 11.8 Å². The molecule has 0 nitrogen and oxygen atoms in total. The van der Waals surface area contributed by atoms with Gasteiger partial charge in [-0.05, 0) is 67.0 Å². The highest BCUT2D eigenvalue weighted by molar-refractivity contribution is 9.10. The number of halogens is 1. The fourth-order valence-electron chi connectivity index (χ4n) is 5.66. The van der Waals surface area contributed by atoms with Crippen molar-refractivity contribution in [2.24, 2.45) is 5.41 Å².